The molecule has 2 rings (SSSR count). The van der Waals surface area contributed by atoms with Gasteiger partial charge in [0.05, 0.1) is 0 Å². The van der Waals surface area contributed by atoms with Gasteiger partial charge in [0.15, 0.2) is 0 Å². The van der Waals surface area contributed by atoms with E-state index in [4.69, 9.17) is 0 Å². The van der Waals surface area contributed by atoms with Gasteiger partial charge in [0.1, 0.15) is 0 Å². The molecule has 0 aliphatic heterocycles. The number of amides is 2. The largest absolute Gasteiger partial charge is 0.326 e. The summed E-state index contributed by atoms with van der Waals surface area (Å²) in [6.45, 7) is 8.08. The zero-order valence-electron chi connectivity index (χ0n) is 15.4. The molecule has 0 bridgehead atoms. The van der Waals surface area contributed by atoms with Crippen LogP contribution in [0.25, 0.3) is 0 Å². The molecule has 0 fully saturated rings. The van der Waals surface area contributed by atoms with Crippen molar-refractivity contribution in [1.82, 2.24) is 0 Å². The fourth-order valence-electron chi connectivity index (χ4n) is 2.83. The molecule has 0 unspecified atom stereocenters. The van der Waals surface area contributed by atoms with E-state index in [1.54, 1.807) is 4.90 Å². The molecule has 0 radical (unpaired) electrons. The standard InChI is InChI=1S/C21H26N2O2/c1-15(2)19-12-8-9-16(3)21(19)22-20(25)13-14-23(17(4)24)18-10-6-5-7-11-18/h5-12,15H,13-14H2,1-4H3,(H,22,25). The zero-order valence-corrected chi connectivity index (χ0v) is 15.4. The number of benzene rings is 2. The van der Waals surface area contributed by atoms with Crippen molar-refractivity contribution in [2.75, 3.05) is 16.8 Å². The van der Waals surface area contributed by atoms with E-state index in [0.717, 1.165) is 22.5 Å². The summed E-state index contributed by atoms with van der Waals surface area (Å²) < 4.78 is 0. The quantitative estimate of drug-likeness (QED) is 0.843. The van der Waals surface area contributed by atoms with Gasteiger partial charge in [-0.15, -0.1) is 0 Å². The summed E-state index contributed by atoms with van der Waals surface area (Å²) in [6, 6.07) is 15.5. The number of nitrogens with one attached hydrogen (secondary N) is 1. The van der Waals surface area contributed by atoms with Gasteiger partial charge in [-0.25, -0.2) is 0 Å². The molecule has 0 saturated heterocycles. The molecule has 2 aromatic rings. The predicted molar refractivity (Wildman–Crippen MR) is 103 cm³/mol. The topological polar surface area (TPSA) is 49.4 Å². The number of hydrogen-bond donors (Lipinski definition) is 1. The molecule has 0 aliphatic rings. The normalized spacial score (nSPS) is 10.6. The summed E-state index contributed by atoms with van der Waals surface area (Å²) >= 11 is 0. The van der Waals surface area contributed by atoms with Gasteiger partial charge in [0.25, 0.3) is 0 Å². The van der Waals surface area contributed by atoms with E-state index in [0.29, 0.717) is 12.5 Å². The van der Waals surface area contributed by atoms with Crippen LogP contribution in [0, 0.1) is 6.92 Å². The highest BCUT2D eigenvalue weighted by atomic mass is 16.2. The first kappa shape index (κ1) is 18.7. The molecule has 4 nitrogen and oxygen atoms in total. The average Bonchev–Trinajstić information content (AvgIpc) is 2.57. The van der Waals surface area contributed by atoms with Crippen LogP contribution in [0.2, 0.25) is 0 Å². The Morgan fingerprint density at radius 2 is 1.72 bits per heavy atom. The smallest absolute Gasteiger partial charge is 0.226 e. The minimum Gasteiger partial charge on any atom is -0.326 e. The SMILES string of the molecule is CC(=O)N(CCC(=O)Nc1c(C)cccc1C(C)C)c1ccccc1. The highest BCUT2D eigenvalue weighted by Gasteiger charge is 2.15. The van der Waals surface area contributed by atoms with Gasteiger partial charge >= 0.3 is 0 Å². The fraction of sp³-hybridized carbons (Fsp3) is 0.333. The van der Waals surface area contributed by atoms with Gasteiger partial charge in [0, 0.05) is 31.3 Å². The van der Waals surface area contributed by atoms with Gasteiger partial charge in [-0.3, -0.25) is 9.59 Å². The van der Waals surface area contributed by atoms with E-state index in [1.165, 1.54) is 6.92 Å². The van der Waals surface area contributed by atoms with E-state index in [-0.39, 0.29) is 18.2 Å². The van der Waals surface area contributed by atoms with E-state index in [2.05, 4.69) is 19.2 Å². The van der Waals surface area contributed by atoms with Crippen LogP contribution < -0.4 is 10.2 Å². The van der Waals surface area contributed by atoms with E-state index in [1.807, 2.05) is 55.5 Å². The van der Waals surface area contributed by atoms with Crippen LogP contribution in [-0.4, -0.2) is 18.4 Å². The van der Waals surface area contributed by atoms with Crippen molar-refractivity contribution in [3.63, 3.8) is 0 Å². The molecule has 2 aromatic carbocycles. The Morgan fingerprint density at radius 1 is 1.04 bits per heavy atom. The molecular weight excluding hydrogens is 312 g/mol. The molecular formula is C21H26N2O2. The second-order valence-electron chi connectivity index (χ2n) is 6.50. The summed E-state index contributed by atoms with van der Waals surface area (Å²) in [6.07, 6.45) is 0.250. The molecule has 1 N–H and O–H groups in total. The molecule has 0 saturated carbocycles. The van der Waals surface area contributed by atoms with Crippen molar-refractivity contribution in [3.8, 4) is 0 Å². The second-order valence-corrected chi connectivity index (χ2v) is 6.50. The van der Waals surface area contributed by atoms with Crippen molar-refractivity contribution in [2.45, 2.75) is 40.0 Å². The zero-order chi connectivity index (χ0) is 18.4. The number of carbonyl (C=O) groups excluding carboxylic acids is 2. The van der Waals surface area contributed by atoms with Gasteiger partial charge in [-0.2, -0.15) is 0 Å². The number of rotatable bonds is 6. The minimum atomic E-state index is -0.0848. The Bertz CT molecular complexity index is 739. The molecule has 0 atom stereocenters. The lowest BCUT2D eigenvalue weighted by Gasteiger charge is -2.21. The highest BCUT2D eigenvalue weighted by molar-refractivity contribution is 5.95. The molecule has 4 heteroatoms. The van der Waals surface area contributed by atoms with Crippen LogP contribution in [0.3, 0.4) is 0 Å². The Hall–Kier alpha value is -2.62. The lowest BCUT2D eigenvalue weighted by Crippen LogP contribution is -2.32. The molecule has 132 valence electrons. The Balaban J connectivity index is 2.07. The molecule has 25 heavy (non-hydrogen) atoms. The first-order valence-electron chi connectivity index (χ1n) is 8.62. The number of aryl methyl sites for hydroxylation is 1. The third-order valence-corrected chi connectivity index (χ3v) is 4.20. The summed E-state index contributed by atoms with van der Waals surface area (Å²) in [7, 11) is 0. The summed E-state index contributed by atoms with van der Waals surface area (Å²) in [4.78, 5) is 26.0. The second kappa shape index (κ2) is 8.47. The van der Waals surface area contributed by atoms with Crippen LogP contribution in [0.1, 0.15) is 44.2 Å². The molecule has 0 aliphatic carbocycles. The van der Waals surface area contributed by atoms with Crippen LogP contribution in [-0.2, 0) is 9.59 Å². The third-order valence-electron chi connectivity index (χ3n) is 4.20. The van der Waals surface area contributed by atoms with Gasteiger partial charge in [-0.1, -0.05) is 50.2 Å². The number of carbonyl (C=O) groups is 2. The van der Waals surface area contributed by atoms with Crippen molar-refractivity contribution in [2.24, 2.45) is 0 Å². The van der Waals surface area contributed by atoms with Crippen LogP contribution in [0.15, 0.2) is 48.5 Å². The summed E-state index contributed by atoms with van der Waals surface area (Å²) in [5.74, 6) is 0.171. The van der Waals surface area contributed by atoms with E-state index in [9.17, 15) is 9.59 Å². The number of para-hydroxylation sites is 2. The molecule has 0 spiro atoms. The lowest BCUT2D eigenvalue weighted by atomic mass is 9.98. The Morgan fingerprint density at radius 3 is 2.32 bits per heavy atom. The van der Waals surface area contributed by atoms with Crippen molar-refractivity contribution < 1.29 is 9.59 Å². The highest BCUT2D eigenvalue weighted by Crippen LogP contribution is 2.27. The van der Waals surface area contributed by atoms with Crippen molar-refractivity contribution in [1.29, 1.82) is 0 Å². The number of nitrogens with zero attached hydrogens (tertiary/aromatic N) is 1. The van der Waals surface area contributed by atoms with Crippen LogP contribution in [0.5, 0.6) is 0 Å². The monoisotopic (exact) mass is 338 g/mol. The first-order chi connectivity index (χ1) is 11.9. The maximum atomic E-state index is 12.4. The van der Waals surface area contributed by atoms with Crippen molar-refractivity contribution in [3.05, 3.63) is 59.7 Å². The maximum absolute atomic E-state index is 12.4. The van der Waals surface area contributed by atoms with E-state index < -0.39 is 0 Å². The van der Waals surface area contributed by atoms with Crippen LogP contribution in [0.4, 0.5) is 11.4 Å². The Labute approximate surface area is 149 Å². The average molecular weight is 338 g/mol. The molecule has 2 amide bonds. The molecule has 0 aromatic heterocycles. The molecule has 0 heterocycles. The van der Waals surface area contributed by atoms with Gasteiger partial charge < -0.3 is 10.2 Å². The summed E-state index contributed by atoms with van der Waals surface area (Å²) in [5, 5.41) is 3.03. The fourth-order valence-corrected chi connectivity index (χ4v) is 2.83. The van der Waals surface area contributed by atoms with Crippen LogP contribution >= 0.6 is 0 Å². The Kier molecular flexibility index (Phi) is 6.34. The summed E-state index contributed by atoms with van der Waals surface area (Å²) in [5.41, 5.74) is 3.86. The van der Waals surface area contributed by atoms with Crippen molar-refractivity contribution >= 4 is 23.2 Å². The third kappa shape index (κ3) is 4.92. The first-order valence-corrected chi connectivity index (χ1v) is 8.62. The minimum absolute atomic E-state index is 0.0715. The number of anilines is 2. The lowest BCUT2D eigenvalue weighted by molar-refractivity contribution is -0.117. The van der Waals surface area contributed by atoms with Gasteiger partial charge in [-0.05, 0) is 36.1 Å². The predicted octanol–water partition coefficient (Wildman–Crippen LogP) is 4.50. The van der Waals surface area contributed by atoms with E-state index >= 15 is 0 Å². The van der Waals surface area contributed by atoms with Gasteiger partial charge in [0.2, 0.25) is 11.8 Å². The maximum Gasteiger partial charge on any atom is 0.226 e. The number of hydrogen-bond acceptors (Lipinski definition) is 2.